The Balaban J connectivity index is 0.000000162. The Hall–Kier alpha value is -6.82. The summed E-state index contributed by atoms with van der Waals surface area (Å²) in [4.78, 5) is 32.0. The zero-order chi connectivity index (χ0) is 52.2. The van der Waals surface area contributed by atoms with Gasteiger partial charge in [0, 0.05) is 87.7 Å². The molecule has 6 aromatic rings. The van der Waals surface area contributed by atoms with Gasteiger partial charge >= 0.3 is 12.2 Å². The molecule has 0 spiro atoms. The van der Waals surface area contributed by atoms with Crippen molar-refractivity contribution in [3.63, 3.8) is 0 Å². The van der Waals surface area contributed by atoms with Crippen molar-refractivity contribution in [2.24, 2.45) is 17.7 Å². The number of amides is 2. The van der Waals surface area contributed by atoms with Gasteiger partial charge in [0.15, 0.2) is 10.2 Å². The molecule has 73 heavy (non-hydrogen) atoms. The molecule has 16 nitrogen and oxygen atoms in total. The van der Waals surface area contributed by atoms with E-state index in [0.717, 1.165) is 75.1 Å². The number of imidazole rings is 2. The first kappa shape index (κ1) is 55.5. The number of aliphatic hydroxyl groups is 1. The van der Waals surface area contributed by atoms with Crippen LogP contribution in [0.1, 0.15) is 47.9 Å². The van der Waals surface area contributed by atoms with Crippen molar-refractivity contribution in [3.05, 3.63) is 180 Å². The molecular weight excluding hydrogens is 989 g/mol. The molecule has 4 unspecified atom stereocenters. The van der Waals surface area contributed by atoms with Gasteiger partial charge in [-0.25, -0.2) is 48.4 Å². The van der Waals surface area contributed by atoms with Crippen molar-refractivity contribution in [2.75, 3.05) is 46.5 Å². The number of aliphatic hydroxyl groups excluding tert-OH is 1. The fourth-order valence-electron chi connectivity index (χ4n) is 8.65. The third kappa shape index (κ3) is 16.1. The molecule has 5 aliphatic rings. The molecule has 388 valence electrons. The second-order valence-electron chi connectivity index (χ2n) is 17.3. The highest BCUT2D eigenvalue weighted by Gasteiger charge is 2.61. The number of fused-ring (bicyclic) bond motifs is 2. The maximum absolute atomic E-state index is 13.6. The van der Waals surface area contributed by atoms with Crippen LogP contribution < -0.4 is 27.4 Å². The van der Waals surface area contributed by atoms with Gasteiger partial charge in [0.05, 0.1) is 0 Å². The minimum atomic E-state index is -0.641. The quantitative estimate of drug-likeness (QED) is 0.0327. The molecule has 0 radical (unpaired) electrons. The maximum Gasteiger partial charge on any atom is 0.426 e. The SMILES string of the molecule is C1CCOC1.CO.Fc1cc(F)cc(C23CNCC2C3)c1.NNC(=O)OCc1ccccc1.O=C(NNC(=S)N1CC2CC2(c2cc(F)cc(F)c2)C1)OCc1ccccc1.S=C(n1ccnc1)n1ccnc1. The number of ether oxygens (including phenoxy) is 3. The van der Waals surface area contributed by atoms with Gasteiger partial charge in [0.2, 0.25) is 0 Å². The molecule has 3 saturated heterocycles. The summed E-state index contributed by atoms with van der Waals surface area (Å²) in [5.74, 6) is 3.61. The van der Waals surface area contributed by atoms with Crippen LogP contribution in [0, 0.1) is 35.1 Å². The average Bonchev–Trinajstić information content (AvgIpc) is 3.98. The lowest BCUT2D eigenvalue weighted by Gasteiger charge is -2.24. The first-order valence-corrected chi connectivity index (χ1v) is 24.0. The third-order valence-electron chi connectivity index (χ3n) is 12.5. The van der Waals surface area contributed by atoms with E-state index in [2.05, 4.69) is 26.1 Å². The first-order chi connectivity index (χ1) is 35.4. The molecule has 2 aliphatic carbocycles. The van der Waals surface area contributed by atoms with Crippen LogP contribution in [-0.4, -0.2) is 98.0 Å². The van der Waals surface area contributed by atoms with Gasteiger partial charge in [-0.15, -0.1) is 0 Å². The van der Waals surface area contributed by atoms with Crippen LogP contribution in [0.2, 0.25) is 0 Å². The lowest BCUT2D eigenvalue weighted by atomic mass is 9.95. The van der Waals surface area contributed by atoms with E-state index in [1.807, 2.05) is 71.0 Å². The number of carbonyl (C=O) groups is 2. The summed E-state index contributed by atoms with van der Waals surface area (Å²) >= 11 is 10.5. The highest BCUT2D eigenvalue weighted by molar-refractivity contribution is 7.80. The summed E-state index contributed by atoms with van der Waals surface area (Å²) in [6, 6.07) is 26.2. The van der Waals surface area contributed by atoms with Gasteiger partial charge < -0.3 is 29.5 Å². The number of nitrogens with one attached hydrogen (secondary N) is 4. The number of rotatable bonds is 6. The van der Waals surface area contributed by atoms with Gasteiger partial charge in [0.1, 0.15) is 49.1 Å². The molecule has 4 atom stereocenters. The van der Waals surface area contributed by atoms with E-state index in [1.54, 1.807) is 46.6 Å². The minimum Gasteiger partial charge on any atom is -0.444 e. The predicted octanol–water partition coefficient (Wildman–Crippen LogP) is 7.03. The van der Waals surface area contributed by atoms with E-state index in [4.69, 9.17) is 49.6 Å². The lowest BCUT2D eigenvalue weighted by Crippen LogP contribution is -2.49. The molecule has 2 aromatic heterocycles. The van der Waals surface area contributed by atoms with Crippen molar-refractivity contribution in [1.29, 1.82) is 0 Å². The fourth-order valence-corrected chi connectivity index (χ4v) is 9.06. The van der Waals surface area contributed by atoms with Crippen LogP contribution in [0.5, 0.6) is 0 Å². The van der Waals surface area contributed by atoms with Crippen LogP contribution in [0.3, 0.4) is 0 Å². The van der Waals surface area contributed by atoms with Crippen LogP contribution in [0.15, 0.2) is 135 Å². The van der Waals surface area contributed by atoms with Crippen molar-refractivity contribution >= 4 is 46.8 Å². The average molecular weight is 1050 g/mol. The Morgan fingerprint density at radius 3 is 1.66 bits per heavy atom. The second kappa shape index (κ2) is 27.3. The monoisotopic (exact) mass is 1050 g/mol. The van der Waals surface area contributed by atoms with E-state index in [0.29, 0.717) is 40.7 Å². The molecule has 4 aromatic carbocycles. The van der Waals surface area contributed by atoms with Crippen LogP contribution in [-0.2, 0) is 38.3 Å². The molecule has 2 amide bonds. The van der Waals surface area contributed by atoms with Gasteiger partial charge in [-0.05, 0) is 115 Å². The number of nitrogens with zero attached hydrogens (tertiary/aromatic N) is 5. The van der Waals surface area contributed by atoms with Crippen molar-refractivity contribution in [2.45, 2.75) is 49.7 Å². The van der Waals surface area contributed by atoms with Gasteiger partial charge in [-0.3, -0.25) is 20.0 Å². The number of nitrogens with two attached hydrogens (primary N) is 1. The number of hydrogen-bond donors (Lipinski definition) is 6. The van der Waals surface area contributed by atoms with Gasteiger partial charge in [0.25, 0.3) is 0 Å². The number of benzene rings is 4. The molecule has 11 rings (SSSR count). The molecule has 2 saturated carbocycles. The van der Waals surface area contributed by atoms with Crippen LogP contribution in [0.4, 0.5) is 27.2 Å². The Kier molecular flexibility index (Phi) is 20.7. The first-order valence-electron chi connectivity index (χ1n) is 23.2. The predicted molar refractivity (Wildman–Crippen MR) is 272 cm³/mol. The summed E-state index contributed by atoms with van der Waals surface area (Å²) in [6.07, 6.45) is 13.5. The lowest BCUT2D eigenvalue weighted by molar-refractivity contribution is 0.137. The Morgan fingerprint density at radius 2 is 1.23 bits per heavy atom. The van der Waals surface area contributed by atoms with Crippen molar-refractivity contribution in [1.82, 2.24) is 45.6 Å². The highest BCUT2D eigenvalue weighted by atomic mass is 32.1. The second-order valence-corrected chi connectivity index (χ2v) is 18.1. The van der Waals surface area contributed by atoms with E-state index >= 15 is 0 Å². The summed E-state index contributed by atoms with van der Waals surface area (Å²) in [5, 5.41) is 11.2. The highest BCUT2D eigenvalue weighted by Crippen LogP contribution is 2.59. The molecule has 7 N–H and O–H groups in total. The number of carbonyl (C=O) groups excluding carboxylic acids is 2. The largest absolute Gasteiger partial charge is 0.444 e. The zero-order valence-corrected chi connectivity index (χ0v) is 41.6. The molecular formula is C51H58F4N10O6S2. The third-order valence-corrected chi connectivity index (χ3v) is 13.2. The Morgan fingerprint density at radius 1 is 0.740 bits per heavy atom. The van der Waals surface area contributed by atoms with E-state index in [9.17, 15) is 27.2 Å². The van der Waals surface area contributed by atoms with E-state index < -0.39 is 35.5 Å². The molecule has 5 heterocycles. The van der Waals surface area contributed by atoms with Crippen LogP contribution >= 0.6 is 24.4 Å². The summed E-state index contributed by atoms with van der Waals surface area (Å²) in [6.45, 7) is 5.46. The summed E-state index contributed by atoms with van der Waals surface area (Å²) in [7, 11) is 1.00. The van der Waals surface area contributed by atoms with E-state index in [-0.39, 0.29) is 24.0 Å². The number of thiocarbonyl (C=S) groups is 2. The molecule has 5 fully saturated rings. The zero-order valence-electron chi connectivity index (χ0n) is 40.0. The topological polar surface area (TPSA) is 195 Å². The van der Waals surface area contributed by atoms with Crippen LogP contribution in [0.25, 0.3) is 0 Å². The number of likely N-dealkylation sites (tertiary alicyclic amines) is 1. The number of hydrazine groups is 2. The summed E-state index contributed by atoms with van der Waals surface area (Å²) < 4.78 is 71.4. The Bertz CT molecular complexity index is 2610. The molecule has 22 heteroatoms. The standard InChI is InChI=1S/C20H19F2N3O2S.C11H11F2N.C8H10N2O2.C7H6N4S.C4H8O.CH4O/c21-16-6-14(7-17(22)8-16)20-9-15(20)10-25(12-20)18(28)23-24-19(26)27-11-13-4-2-1-3-5-13;12-9-1-7(2-10(13)3-9)11-4-8(11)5-14-6-11;9-10-8(11)12-6-7-4-2-1-3-5-7;12-7(10-3-1-8-5-10)11-4-2-9-6-11;1-2-4-5-3-1;1-2/h1-8,15H,9-12H2,(H,23,28)(H,24,26);1-3,8,14H,4-6H2;1-5H,6,9H2,(H,10,11);1-6H;1-4H2;2H,1H3. The van der Waals surface area contributed by atoms with Crippen molar-refractivity contribution in [3.8, 4) is 0 Å². The van der Waals surface area contributed by atoms with Gasteiger partial charge in [-0.1, -0.05) is 60.7 Å². The van der Waals surface area contributed by atoms with E-state index in [1.165, 1.54) is 37.1 Å². The number of aromatic nitrogens is 4. The van der Waals surface area contributed by atoms with Gasteiger partial charge in [-0.2, -0.15) is 0 Å². The smallest absolute Gasteiger partial charge is 0.426 e. The normalized spacial score (nSPS) is 20.0. The summed E-state index contributed by atoms with van der Waals surface area (Å²) in [5.41, 5.74) is 10.0. The molecule has 0 bridgehead atoms. The number of hydrogen-bond acceptors (Lipinski definition) is 12. The minimum absolute atomic E-state index is 0.0446. The number of halogens is 4. The molecule has 3 aliphatic heterocycles. The van der Waals surface area contributed by atoms with Crippen molar-refractivity contribution < 1.29 is 46.5 Å². The number of piperidine rings is 2. The Labute approximate surface area is 431 Å². The fraction of sp³-hybridized carbons (Fsp3) is 0.333. The maximum atomic E-state index is 13.6.